The molecule has 1 aliphatic rings. The number of hydrogen-bond acceptors (Lipinski definition) is 8. The van der Waals surface area contributed by atoms with Gasteiger partial charge in [0, 0.05) is 6.07 Å². The molecule has 0 unspecified atom stereocenters. The Morgan fingerprint density at radius 1 is 1.00 bits per heavy atom. The number of aliphatic hydroxyl groups is 2. The van der Waals surface area contributed by atoms with Gasteiger partial charge in [-0.2, -0.15) is 13.2 Å². The van der Waals surface area contributed by atoms with E-state index in [9.17, 15) is 23.4 Å². The third-order valence-electron chi connectivity index (χ3n) is 5.99. The third-order valence-corrected chi connectivity index (χ3v) is 5.99. The van der Waals surface area contributed by atoms with Crippen molar-refractivity contribution in [2.24, 2.45) is 0 Å². The Morgan fingerprint density at radius 2 is 1.78 bits per heavy atom. The molecule has 3 aromatic heterocycles. The molecule has 1 saturated heterocycles. The summed E-state index contributed by atoms with van der Waals surface area (Å²) in [4.78, 5) is 16.6. The molecule has 1 aliphatic heterocycles. The van der Waals surface area contributed by atoms with Gasteiger partial charge in [0.15, 0.2) is 11.8 Å². The van der Waals surface area contributed by atoms with E-state index in [1.165, 1.54) is 12.4 Å². The number of hydrogen-bond donors (Lipinski definition) is 2. The van der Waals surface area contributed by atoms with E-state index in [0.29, 0.717) is 17.7 Å². The van der Waals surface area contributed by atoms with Crippen LogP contribution in [0.3, 0.4) is 0 Å². The number of fused-ring (bicyclic) bond motifs is 1. The third kappa shape index (κ3) is 4.62. The molecule has 12 heteroatoms. The largest absolute Gasteiger partial charge is 0.468 e. The lowest BCUT2D eigenvalue weighted by atomic mass is 9.93. The minimum absolute atomic E-state index is 0.265. The number of halogens is 3. The standard InChI is InChI=1S/C24H22F3N5O4/c1-13-19(33)20(34)22(36-16-9-5-8-15(31-16)24(25,26)27)21(35-13)17-18-23(29-11-28-17)32(12-30-18)10-14-6-3-2-4-7-14/h2-9,11-13,19-22,33-34H,10H2,1H3/t13-,19+,20+,21-,22-/m1/s1. The highest BCUT2D eigenvalue weighted by Gasteiger charge is 2.47. The summed E-state index contributed by atoms with van der Waals surface area (Å²) in [6.45, 7) is 2.05. The lowest BCUT2D eigenvalue weighted by Crippen LogP contribution is -2.55. The van der Waals surface area contributed by atoms with Gasteiger partial charge >= 0.3 is 6.18 Å². The van der Waals surface area contributed by atoms with Crippen molar-refractivity contribution >= 4 is 11.2 Å². The van der Waals surface area contributed by atoms with E-state index < -0.39 is 42.4 Å². The molecular weight excluding hydrogens is 479 g/mol. The van der Waals surface area contributed by atoms with E-state index in [4.69, 9.17) is 9.47 Å². The molecule has 0 bridgehead atoms. The van der Waals surface area contributed by atoms with Gasteiger partial charge in [0.25, 0.3) is 0 Å². The first-order valence-corrected chi connectivity index (χ1v) is 11.1. The van der Waals surface area contributed by atoms with Crippen LogP contribution >= 0.6 is 0 Å². The number of benzene rings is 1. The van der Waals surface area contributed by atoms with Crippen molar-refractivity contribution in [1.29, 1.82) is 0 Å². The van der Waals surface area contributed by atoms with Crippen LogP contribution in [0, 0.1) is 0 Å². The summed E-state index contributed by atoms with van der Waals surface area (Å²) in [5.41, 5.74) is 1.01. The summed E-state index contributed by atoms with van der Waals surface area (Å²) in [5, 5.41) is 21.2. The highest BCUT2D eigenvalue weighted by molar-refractivity contribution is 5.73. The second kappa shape index (κ2) is 9.45. The van der Waals surface area contributed by atoms with Gasteiger partial charge in [-0.1, -0.05) is 36.4 Å². The van der Waals surface area contributed by atoms with Crippen molar-refractivity contribution in [3.05, 3.63) is 78.1 Å². The average molecular weight is 501 g/mol. The first-order valence-electron chi connectivity index (χ1n) is 11.1. The van der Waals surface area contributed by atoms with Crippen LogP contribution in [-0.2, 0) is 17.5 Å². The lowest BCUT2D eigenvalue weighted by Gasteiger charge is -2.41. The lowest BCUT2D eigenvalue weighted by molar-refractivity contribution is -0.213. The van der Waals surface area contributed by atoms with Crippen LogP contribution in [-0.4, -0.2) is 59.1 Å². The van der Waals surface area contributed by atoms with E-state index in [2.05, 4.69) is 19.9 Å². The molecule has 4 aromatic rings. The predicted octanol–water partition coefficient (Wildman–Crippen LogP) is 2.92. The fraction of sp³-hybridized carbons (Fsp3) is 0.333. The Balaban J connectivity index is 1.52. The van der Waals surface area contributed by atoms with Crippen LogP contribution in [0.1, 0.15) is 30.0 Å². The van der Waals surface area contributed by atoms with Crippen molar-refractivity contribution in [1.82, 2.24) is 24.5 Å². The summed E-state index contributed by atoms with van der Waals surface area (Å²) in [7, 11) is 0. The van der Waals surface area contributed by atoms with Gasteiger partial charge in [0.05, 0.1) is 19.0 Å². The number of nitrogens with zero attached hydrogens (tertiary/aromatic N) is 5. The number of imidazole rings is 1. The van der Waals surface area contributed by atoms with Gasteiger partial charge in [-0.05, 0) is 18.6 Å². The Kier molecular flexibility index (Phi) is 6.33. The normalized spacial score (nSPS) is 24.7. The molecule has 5 rings (SSSR count). The molecular formula is C24H22F3N5O4. The van der Waals surface area contributed by atoms with Crippen LogP contribution in [0.4, 0.5) is 13.2 Å². The van der Waals surface area contributed by atoms with Gasteiger partial charge < -0.3 is 24.3 Å². The Bertz CT molecular complexity index is 1350. The van der Waals surface area contributed by atoms with E-state index >= 15 is 0 Å². The first-order chi connectivity index (χ1) is 17.2. The second-order valence-corrected chi connectivity index (χ2v) is 8.47. The number of aliphatic hydroxyl groups excluding tert-OH is 2. The number of rotatable bonds is 5. The fourth-order valence-corrected chi connectivity index (χ4v) is 4.17. The Morgan fingerprint density at radius 3 is 2.53 bits per heavy atom. The molecule has 1 fully saturated rings. The zero-order chi connectivity index (χ0) is 25.4. The zero-order valence-corrected chi connectivity index (χ0v) is 18.9. The molecule has 0 amide bonds. The van der Waals surface area contributed by atoms with E-state index in [1.807, 2.05) is 34.9 Å². The molecule has 9 nitrogen and oxygen atoms in total. The second-order valence-electron chi connectivity index (χ2n) is 8.47. The molecule has 5 atom stereocenters. The van der Waals surface area contributed by atoms with Crippen LogP contribution in [0.15, 0.2) is 61.2 Å². The van der Waals surface area contributed by atoms with Gasteiger partial charge in [0.1, 0.15) is 41.5 Å². The minimum Gasteiger partial charge on any atom is -0.468 e. The summed E-state index contributed by atoms with van der Waals surface area (Å²) >= 11 is 0. The zero-order valence-electron chi connectivity index (χ0n) is 18.9. The number of ether oxygens (including phenoxy) is 2. The van der Waals surface area contributed by atoms with Crippen LogP contribution in [0.25, 0.3) is 11.2 Å². The van der Waals surface area contributed by atoms with Crippen molar-refractivity contribution < 1.29 is 32.9 Å². The molecule has 0 saturated carbocycles. The van der Waals surface area contributed by atoms with Gasteiger partial charge in [0.2, 0.25) is 5.88 Å². The first kappa shape index (κ1) is 24.1. The number of aromatic nitrogens is 5. The monoisotopic (exact) mass is 501 g/mol. The molecule has 4 heterocycles. The SMILES string of the molecule is C[C@H]1O[C@H](c2ncnc3c2ncn3Cc2ccccc2)[C@H](Oc2cccc(C(F)(F)F)n2)[C@@H](O)[C@H]1O. The Hall–Kier alpha value is -3.61. The molecule has 0 spiro atoms. The summed E-state index contributed by atoms with van der Waals surface area (Å²) in [6, 6.07) is 12.9. The quantitative estimate of drug-likeness (QED) is 0.429. The highest BCUT2D eigenvalue weighted by Crippen LogP contribution is 2.37. The molecule has 188 valence electrons. The highest BCUT2D eigenvalue weighted by atomic mass is 19.4. The molecule has 1 aromatic carbocycles. The van der Waals surface area contributed by atoms with Crippen LogP contribution in [0.5, 0.6) is 5.88 Å². The fourth-order valence-electron chi connectivity index (χ4n) is 4.17. The molecule has 0 aliphatic carbocycles. The Labute approximate surface area is 203 Å². The topological polar surface area (TPSA) is 115 Å². The number of alkyl halides is 3. The van der Waals surface area contributed by atoms with Gasteiger partial charge in [-0.3, -0.25) is 0 Å². The predicted molar refractivity (Wildman–Crippen MR) is 120 cm³/mol. The van der Waals surface area contributed by atoms with Gasteiger partial charge in [-0.15, -0.1) is 0 Å². The van der Waals surface area contributed by atoms with Gasteiger partial charge in [-0.25, -0.2) is 19.9 Å². The molecule has 36 heavy (non-hydrogen) atoms. The van der Waals surface area contributed by atoms with Crippen molar-refractivity contribution in [2.45, 2.75) is 50.2 Å². The molecule has 2 N–H and O–H groups in total. The maximum Gasteiger partial charge on any atom is 0.433 e. The van der Waals surface area contributed by atoms with E-state index in [-0.39, 0.29) is 11.6 Å². The maximum absolute atomic E-state index is 13.2. The summed E-state index contributed by atoms with van der Waals surface area (Å²) in [6.07, 6.45) is -7.88. The number of pyridine rings is 1. The van der Waals surface area contributed by atoms with E-state index in [1.54, 1.807) is 13.3 Å². The maximum atomic E-state index is 13.2. The van der Waals surface area contributed by atoms with Crippen molar-refractivity contribution in [3.63, 3.8) is 0 Å². The summed E-state index contributed by atoms with van der Waals surface area (Å²) in [5.74, 6) is -0.385. The minimum atomic E-state index is -4.68. The van der Waals surface area contributed by atoms with Crippen molar-refractivity contribution in [3.8, 4) is 5.88 Å². The van der Waals surface area contributed by atoms with Crippen LogP contribution < -0.4 is 4.74 Å². The smallest absolute Gasteiger partial charge is 0.433 e. The molecule has 0 radical (unpaired) electrons. The average Bonchev–Trinajstić information content (AvgIpc) is 3.27. The summed E-state index contributed by atoms with van der Waals surface area (Å²) < 4.78 is 52.9. The van der Waals surface area contributed by atoms with Crippen molar-refractivity contribution in [2.75, 3.05) is 0 Å². The van der Waals surface area contributed by atoms with Crippen LogP contribution in [0.2, 0.25) is 0 Å². The van der Waals surface area contributed by atoms with E-state index in [0.717, 1.165) is 17.7 Å².